The first-order valence-corrected chi connectivity index (χ1v) is 3.95. The van der Waals surface area contributed by atoms with Crippen LogP contribution in [0.4, 0.5) is 0 Å². The van der Waals surface area contributed by atoms with Gasteiger partial charge in [0.2, 0.25) is 0 Å². The van der Waals surface area contributed by atoms with E-state index >= 15 is 0 Å². The van der Waals surface area contributed by atoms with Gasteiger partial charge in [-0.2, -0.15) is 0 Å². The highest BCUT2D eigenvalue weighted by molar-refractivity contribution is 5.80. The lowest BCUT2D eigenvalue weighted by Gasteiger charge is -2.12. The molecule has 1 aliphatic carbocycles. The quantitative estimate of drug-likeness (QED) is 0.618. The number of allylic oxidation sites excluding steroid dienone is 2. The van der Waals surface area contributed by atoms with E-state index in [9.17, 15) is 4.79 Å². The van der Waals surface area contributed by atoms with E-state index in [1.807, 2.05) is 18.2 Å². The van der Waals surface area contributed by atoms with Gasteiger partial charge in [-0.25, -0.2) is 0 Å². The number of rotatable bonds is 2. The first-order valence-electron chi connectivity index (χ1n) is 3.95. The lowest BCUT2D eigenvalue weighted by atomic mass is 10.0. The average Bonchev–Trinajstić information content (AvgIpc) is 2.17. The first-order chi connectivity index (χ1) is 5.75. The fraction of sp³-hybridized carbons (Fsp3) is 0.444. The molecule has 0 fully saturated rings. The normalized spacial score (nSPS) is 18.3. The van der Waals surface area contributed by atoms with E-state index in [1.54, 1.807) is 0 Å². The van der Waals surface area contributed by atoms with Crippen molar-refractivity contribution in [1.29, 1.82) is 0 Å². The van der Waals surface area contributed by atoms with Crippen molar-refractivity contribution in [1.82, 2.24) is 0 Å². The Kier molecular flexibility index (Phi) is 3.05. The van der Waals surface area contributed by atoms with E-state index in [2.05, 4.69) is 4.74 Å². The number of carbonyl (C=O) groups excluding carboxylic acids is 1. The highest BCUT2D eigenvalue weighted by Crippen LogP contribution is 2.12. The molecule has 0 aromatic heterocycles. The second kappa shape index (κ2) is 4.07. The van der Waals surface area contributed by atoms with Crippen LogP contribution >= 0.6 is 0 Å². The molecule has 0 amide bonds. The molecule has 1 atom stereocenters. The minimum atomic E-state index is -0.619. The molecule has 0 saturated heterocycles. The Morgan fingerprint density at radius 3 is 2.92 bits per heavy atom. The summed E-state index contributed by atoms with van der Waals surface area (Å²) in [5.74, 6) is -0.382. The topological polar surface area (TPSA) is 52.3 Å². The number of hydrogen-bond donors (Lipinski definition) is 1. The Labute approximate surface area is 71.9 Å². The molecular weight excluding hydrogens is 154 g/mol. The van der Waals surface area contributed by atoms with E-state index in [-0.39, 0.29) is 5.97 Å². The van der Waals surface area contributed by atoms with Gasteiger partial charge in [-0.1, -0.05) is 18.2 Å². The summed E-state index contributed by atoms with van der Waals surface area (Å²) in [4.78, 5) is 11.0. The molecule has 3 nitrogen and oxygen atoms in total. The number of ether oxygens (including phenoxy) is 1. The van der Waals surface area contributed by atoms with Crippen molar-refractivity contribution >= 4 is 5.97 Å². The molecule has 12 heavy (non-hydrogen) atoms. The summed E-state index contributed by atoms with van der Waals surface area (Å²) in [7, 11) is 1.34. The number of hydrogen-bond acceptors (Lipinski definition) is 3. The van der Waals surface area contributed by atoms with E-state index in [0.29, 0.717) is 0 Å². The molecule has 0 radical (unpaired) electrons. The summed E-state index contributed by atoms with van der Waals surface area (Å²) in [6.07, 6.45) is 7.85. The number of carbonyl (C=O) groups is 1. The number of esters is 1. The van der Waals surface area contributed by atoms with Gasteiger partial charge in [0.25, 0.3) is 0 Å². The van der Waals surface area contributed by atoms with Crippen LogP contribution in [-0.2, 0) is 9.53 Å². The van der Waals surface area contributed by atoms with Crippen molar-refractivity contribution in [2.24, 2.45) is 5.73 Å². The summed E-state index contributed by atoms with van der Waals surface area (Å²) in [5, 5.41) is 0. The molecule has 3 heteroatoms. The number of nitrogens with two attached hydrogens (primary N) is 1. The lowest BCUT2D eigenvalue weighted by Crippen LogP contribution is -2.33. The van der Waals surface area contributed by atoms with Crippen LogP contribution in [0.3, 0.4) is 0 Å². The molecule has 0 heterocycles. The maximum Gasteiger partial charge on any atom is 0.327 e. The Bertz CT molecular complexity index is 231. The van der Waals surface area contributed by atoms with Gasteiger partial charge in [-0.05, 0) is 18.4 Å². The fourth-order valence-corrected chi connectivity index (χ4v) is 1.13. The zero-order valence-corrected chi connectivity index (χ0v) is 7.12. The van der Waals surface area contributed by atoms with Crippen LogP contribution in [0.15, 0.2) is 23.8 Å². The van der Waals surface area contributed by atoms with Crippen molar-refractivity contribution < 1.29 is 9.53 Å². The third kappa shape index (κ3) is 1.95. The Hall–Kier alpha value is -1.09. The summed E-state index contributed by atoms with van der Waals surface area (Å²) in [5.41, 5.74) is 6.46. The molecule has 2 N–H and O–H groups in total. The molecule has 0 aromatic rings. The van der Waals surface area contributed by atoms with Crippen molar-refractivity contribution in [3.8, 4) is 0 Å². The van der Waals surface area contributed by atoms with E-state index < -0.39 is 6.04 Å². The molecule has 1 rings (SSSR count). The lowest BCUT2D eigenvalue weighted by molar-refractivity contribution is -0.141. The molecule has 0 saturated carbocycles. The second-order valence-electron chi connectivity index (χ2n) is 2.68. The molecule has 0 aliphatic heterocycles. The fourth-order valence-electron chi connectivity index (χ4n) is 1.13. The zero-order valence-electron chi connectivity index (χ0n) is 7.12. The van der Waals surface area contributed by atoms with Gasteiger partial charge >= 0.3 is 5.97 Å². The van der Waals surface area contributed by atoms with Crippen molar-refractivity contribution in [2.45, 2.75) is 18.9 Å². The van der Waals surface area contributed by atoms with Gasteiger partial charge in [0, 0.05) is 0 Å². The number of methoxy groups -OCH3 is 1. The highest BCUT2D eigenvalue weighted by Gasteiger charge is 2.17. The van der Waals surface area contributed by atoms with Crippen LogP contribution in [0.2, 0.25) is 0 Å². The van der Waals surface area contributed by atoms with Gasteiger partial charge in [-0.15, -0.1) is 0 Å². The minimum absolute atomic E-state index is 0.382. The monoisotopic (exact) mass is 167 g/mol. The zero-order chi connectivity index (χ0) is 8.97. The molecule has 1 unspecified atom stereocenters. The van der Waals surface area contributed by atoms with E-state index in [1.165, 1.54) is 7.11 Å². The van der Waals surface area contributed by atoms with Gasteiger partial charge in [0.15, 0.2) is 0 Å². The SMILES string of the molecule is COC(=O)C(N)C1=CCCC=C1. The molecular formula is C9H13NO2. The van der Waals surface area contributed by atoms with Gasteiger partial charge < -0.3 is 10.5 Å². The van der Waals surface area contributed by atoms with E-state index in [0.717, 1.165) is 18.4 Å². The predicted octanol–water partition coefficient (Wildman–Crippen LogP) is 0.763. The summed E-state index contributed by atoms with van der Waals surface area (Å²) in [6, 6.07) is -0.619. The van der Waals surface area contributed by atoms with Crippen LogP contribution in [0.5, 0.6) is 0 Å². The maximum atomic E-state index is 11.0. The predicted molar refractivity (Wildman–Crippen MR) is 46.4 cm³/mol. The Morgan fingerprint density at radius 2 is 2.42 bits per heavy atom. The van der Waals surface area contributed by atoms with Gasteiger partial charge in [0.05, 0.1) is 7.11 Å². The molecule has 66 valence electrons. The highest BCUT2D eigenvalue weighted by atomic mass is 16.5. The third-order valence-electron chi connectivity index (χ3n) is 1.84. The van der Waals surface area contributed by atoms with Gasteiger partial charge in [-0.3, -0.25) is 4.79 Å². The molecule has 1 aliphatic rings. The largest absolute Gasteiger partial charge is 0.468 e. The van der Waals surface area contributed by atoms with Crippen molar-refractivity contribution in [2.75, 3.05) is 7.11 Å². The average molecular weight is 167 g/mol. The smallest absolute Gasteiger partial charge is 0.327 e. The first kappa shape index (κ1) is 9.00. The van der Waals surface area contributed by atoms with E-state index in [4.69, 9.17) is 5.73 Å². The standard InChI is InChI=1S/C9H13NO2/c1-12-9(11)8(10)7-5-3-2-4-6-7/h3,5-6,8H,2,4,10H2,1H3. The van der Waals surface area contributed by atoms with Crippen LogP contribution in [0.25, 0.3) is 0 Å². The van der Waals surface area contributed by atoms with Crippen molar-refractivity contribution in [3.63, 3.8) is 0 Å². The van der Waals surface area contributed by atoms with Crippen LogP contribution in [0, 0.1) is 0 Å². The van der Waals surface area contributed by atoms with Crippen LogP contribution in [-0.4, -0.2) is 19.1 Å². The second-order valence-corrected chi connectivity index (χ2v) is 2.68. The molecule has 0 bridgehead atoms. The van der Waals surface area contributed by atoms with Crippen LogP contribution < -0.4 is 5.73 Å². The van der Waals surface area contributed by atoms with Crippen molar-refractivity contribution in [3.05, 3.63) is 23.8 Å². The van der Waals surface area contributed by atoms with Crippen LogP contribution in [0.1, 0.15) is 12.8 Å². The molecule has 0 spiro atoms. The Balaban J connectivity index is 2.63. The summed E-state index contributed by atoms with van der Waals surface area (Å²) in [6.45, 7) is 0. The third-order valence-corrected chi connectivity index (χ3v) is 1.84. The minimum Gasteiger partial charge on any atom is -0.468 e. The summed E-state index contributed by atoms with van der Waals surface area (Å²) < 4.78 is 4.53. The van der Waals surface area contributed by atoms with Gasteiger partial charge in [0.1, 0.15) is 6.04 Å². The Morgan fingerprint density at radius 1 is 1.67 bits per heavy atom. The summed E-state index contributed by atoms with van der Waals surface area (Å²) >= 11 is 0. The maximum absolute atomic E-state index is 11.0. The molecule has 0 aromatic carbocycles.